The maximum Gasteiger partial charge on any atom is 0.0847 e. The highest BCUT2D eigenvalue weighted by molar-refractivity contribution is 5.31. The summed E-state index contributed by atoms with van der Waals surface area (Å²) < 4.78 is 5.95. The van der Waals surface area contributed by atoms with E-state index in [-0.39, 0.29) is 12.2 Å². The largest absolute Gasteiger partial charge is 0.390 e. The molecular weight excluding hydrogens is 396 g/mol. The van der Waals surface area contributed by atoms with Gasteiger partial charge in [-0.1, -0.05) is 56.1 Å². The maximum atomic E-state index is 10.6. The van der Waals surface area contributed by atoms with Crippen LogP contribution < -0.4 is 0 Å². The standard InChI is InChI=1S/C29H46O3/c1-20(8-5-15-28(2,3)31)24-13-14-25-22(9-6-16-29(24,25)4)12-11-21-18-26(30)23-10-7-17-32-27(23)19-21/h10-12,20,24-27,30-31H,5-9,13-19H2,1-4H3/t20-,24?,25?,26-,27-,29-/m1/s1. The minimum Gasteiger partial charge on any atom is -0.390 e. The van der Waals surface area contributed by atoms with Crippen molar-refractivity contribution in [3.05, 3.63) is 34.9 Å². The zero-order chi connectivity index (χ0) is 22.9. The molecule has 1 aliphatic heterocycles. The fourth-order valence-corrected chi connectivity index (χ4v) is 7.51. The fraction of sp³-hybridized carbons (Fsp3) is 0.793. The van der Waals surface area contributed by atoms with Crippen molar-refractivity contribution in [3.63, 3.8) is 0 Å². The van der Waals surface area contributed by atoms with Crippen LogP contribution in [0.1, 0.15) is 98.3 Å². The van der Waals surface area contributed by atoms with Gasteiger partial charge in [0.2, 0.25) is 0 Å². The summed E-state index contributed by atoms with van der Waals surface area (Å²) in [5.41, 5.74) is 3.99. The normalized spacial score (nSPS) is 39.0. The van der Waals surface area contributed by atoms with E-state index in [1.165, 1.54) is 44.1 Å². The molecule has 0 aromatic rings. The van der Waals surface area contributed by atoms with Crippen molar-refractivity contribution in [1.29, 1.82) is 0 Å². The Morgan fingerprint density at radius 3 is 2.84 bits per heavy atom. The summed E-state index contributed by atoms with van der Waals surface area (Å²) in [6, 6.07) is 0. The maximum absolute atomic E-state index is 10.6. The third kappa shape index (κ3) is 5.26. The molecule has 6 atom stereocenters. The number of allylic oxidation sites excluding steroid dienone is 3. The van der Waals surface area contributed by atoms with Crippen LogP contribution in [0.5, 0.6) is 0 Å². The second-order valence-electron chi connectivity index (χ2n) is 12.1. The van der Waals surface area contributed by atoms with E-state index in [0.717, 1.165) is 56.1 Å². The molecule has 0 saturated heterocycles. The number of ether oxygens (including phenoxy) is 1. The number of rotatable bonds is 6. The van der Waals surface area contributed by atoms with Crippen LogP contribution in [0.4, 0.5) is 0 Å². The van der Waals surface area contributed by atoms with Crippen molar-refractivity contribution in [2.75, 3.05) is 6.61 Å². The van der Waals surface area contributed by atoms with E-state index in [2.05, 4.69) is 32.1 Å². The van der Waals surface area contributed by atoms with Crippen molar-refractivity contribution in [1.82, 2.24) is 0 Å². The number of hydrogen-bond donors (Lipinski definition) is 2. The van der Waals surface area contributed by atoms with Crippen molar-refractivity contribution in [2.24, 2.45) is 23.2 Å². The average Bonchev–Trinajstić information content (AvgIpc) is 3.09. The second kappa shape index (κ2) is 9.76. The summed E-state index contributed by atoms with van der Waals surface area (Å²) in [4.78, 5) is 0. The van der Waals surface area contributed by atoms with Crippen LogP contribution in [0.15, 0.2) is 34.9 Å². The van der Waals surface area contributed by atoms with Crippen LogP contribution in [0.25, 0.3) is 0 Å². The topological polar surface area (TPSA) is 49.7 Å². The van der Waals surface area contributed by atoms with Gasteiger partial charge in [-0.15, -0.1) is 0 Å². The van der Waals surface area contributed by atoms with Crippen molar-refractivity contribution < 1.29 is 14.9 Å². The lowest BCUT2D eigenvalue weighted by Crippen LogP contribution is -2.36. The molecule has 180 valence electrons. The quantitative estimate of drug-likeness (QED) is 0.461. The molecule has 0 spiro atoms. The first-order valence-electron chi connectivity index (χ1n) is 13.3. The molecule has 0 bridgehead atoms. The average molecular weight is 443 g/mol. The van der Waals surface area contributed by atoms with Gasteiger partial charge < -0.3 is 14.9 Å². The Labute approximate surface area is 196 Å². The number of aliphatic hydroxyl groups is 2. The Balaban J connectivity index is 1.42. The molecule has 3 fully saturated rings. The summed E-state index contributed by atoms with van der Waals surface area (Å²) in [5.74, 6) is 2.24. The molecule has 0 radical (unpaired) electrons. The summed E-state index contributed by atoms with van der Waals surface area (Å²) in [5, 5.41) is 20.7. The number of aliphatic hydroxyl groups excluding tert-OH is 1. The molecule has 3 saturated carbocycles. The van der Waals surface area contributed by atoms with Gasteiger partial charge in [0.1, 0.15) is 0 Å². The monoisotopic (exact) mass is 442 g/mol. The highest BCUT2D eigenvalue weighted by atomic mass is 16.5. The third-order valence-corrected chi connectivity index (χ3v) is 9.18. The van der Waals surface area contributed by atoms with Crippen molar-refractivity contribution in [2.45, 2.75) is 116 Å². The Bertz CT molecular complexity index is 755. The predicted molar refractivity (Wildman–Crippen MR) is 131 cm³/mol. The fourth-order valence-electron chi connectivity index (χ4n) is 7.51. The molecule has 0 amide bonds. The molecule has 0 aromatic heterocycles. The number of fused-ring (bicyclic) bond motifs is 2. The molecule has 2 N–H and O–H groups in total. The molecule has 4 aliphatic rings. The van der Waals surface area contributed by atoms with E-state index < -0.39 is 5.60 Å². The molecule has 1 heterocycles. The molecule has 3 nitrogen and oxygen atoms in total. The second-order valence-corrected chi connectivity index (χ2v) is 12.1. The van der Waals surface area contributed by atoms with Crippen LogP contribution in [0.2, 0.25) is 0 Å². The van der Waals surface area contributed by atoms with E-state index >= 15 is 0 Å². The summed E-state index contributed by atoms with van der Waals surface area (Å²) >= 11 is 0. The number of hydrogen-bond acceptors (Lipinski definition) is 3. The van der Waals surface area contributed by atoms with E-state index in [0.29, 0.717) is 11.3 Å². The first kappa shape index (κ1) is 24.2. The van der Waals surface area contributed by atoms with E-state index in [4.69, 9.17) is 4.74 Å². The van der Waals surface area contributed by atoms with E-state index in [9.17, 15) is 10.2 Å². The van der Waals surface area contributed by atoms with Crippen LogP contribution in [-0.2, 0) is 4.74 Å². The predicted octanol–water partition coefficient (Wildman–Crippen LogP) is 6.50. The molecule has 2 unspecified atom stereocenters. The van der Waals surface area contributed by atoms with Gasteiger partial charge in [0.25, 0.3) is 0 Å². The van der Waals surface area contributed by atoms with Gasteiger partial charge in [0.05, 0.1) is 24.4 Å². The zero-order valence-corrected chi connectivity index (χ0v) is 20.9. The lowest BCUT2D eigenvalue weighted by Gasteiger charge is -2.44. The van der Waals surface area contributed by atoms with Crippen LogP contribution in [0, 0.1) is 23.2 Å². The minimum absolute atomic E-state index is 0.0920. The molecular formula is C29H46O3. The Morgan fingerprint density at radius 2 is 2.06 bits per heavy atom. The highest BCUT2D eigenvalue weighted by Gasteiger charge is 2.50. The van der Waals surface area contributed by atoms with Gasteiger partial charge >= 0.3 is 0 Å². The molecule has 32 heavy (non-hydrogen) atoms. The molecule has 0 aromatic carbocycles. The lowest BCUT2D eigenvalue weighted by molar-refractivity contribution is 0.0368. The highest BCUT2D eigenvalue weighted by Crippen LogP contribution is 2.60. The van der Waals surface area contributed by atoms with Gasteiger partial charge in [0.15, 0.2) is 0 Å². The van der Waals surface area contributed by atoms with E-state index in [1.54, 1.807) is 5.57 Å². The van der Waals surface area contributed by atoms with Crippen LogP contribution >= 0.6 is 0 Å². The minimum atomic E-state index is -0.540. The Morgan fingerprint density at radius 1 is 1.25 bits per heavy atom. The Hall–Kier alpha value is -0.900. The van der Waals surface area contributed by atoms with Gasteiger partial charge in [-0.3, -0.25) is 0 Å². The van der Waals surface area contributed by atoms with Crippen molar-refractivity contribution in [3.8, 4) is 0 Å². The summed E-state index contributed by atoms with van der Waals surface area (Å²) in [6.45, 7) is 9.67. The summed E-state index contributed by atoms with van der Waals surface area (Å²) in [7, 11) is 0. The zero-order valence-electron chi connectivity index (χ0n) is 20.9. The van der Waals surface area contributed by atoms with Gasteiger partial charge in [-0.25, -0.2) is 0 Å². The van der Waals surface area contributed by atoms with Gasteiger partial charge in [-0.05, 0) is 100 Å². The molecule has 4 rings (SSSR count). The molecule has 3 heteroatoms. The Kier molecular flexibility index (Phi) is 7.39. The van der Waals surface area contributed by atoms with Crippen LogP contribution in [0.3, 0.4) is 0 Å². The van der Waals surface area contributed by atoms with Crippen LogP contribution in [-0.4, -0.2) is 34.6 Å². The summed E-state index contributed by atoms with van der Waals surface area (Å²) in [6.07, 6.45) is 19.1. The van der Waals surface area contributed by atoms with Crippen molar-refractivity contribution >= 4 is 0 Å². The SMILES string of the molecule is C[C@H](CCCC(C)(C)O)C1CCC2C(=CC=C3C[C@@H](O)C4=CCCO[C@@H]4C3)CCC[C@@]21C. The van der Waals surface area contributed by atoms with E-state index in [1.807, 2.05) is 13.8 Å². The van der Waals surface area contributed by atoms with Gasteiger partial charge in [-0.2, -0.15) is 0 Å². The first-order chi connectivity index (χ1) is 15.2. The van der Waals surface area contributed by atoms with Gasteiger partial charge in [0, 0.05) is 0 Å². The lowest BCUT2D eigenvalue weighted by atomic mass is 9.60. The first-order valence-corrected chi connectivity index (χ1v) is 13.3. The molecule has 3 aliphatic carbocycles. The third-order valence-electron chi connectivity index (χ3n) is 9.18. The smallest absolute Gasteiger partial charge is 0.0847 e.